The summed E-state index contributed by atoms with van der Waals surface area (Å²) in [7, 11) is 0. The van der Waals surface area contributed by atoms with Crippen molar-refractivity contribution < 1.29 is 19.2 Å². The van der Waals surface area contributed by atoms with Gasteiger partial charge in [0.2, 0.25) is 5.90 Å². The monoisotopic (exact) mass is 381 g/mol. The zero-order valence-corrected chi connectivity index (χ0v) is 14.5. The second kappa shape index (κ2) is 8.65. The van der Waals surface area contributed by atoms with E-state index in [4.69, 9.17) is 15.0 Å². The molecule has 28 heavy (non-hydrogen) atoms. The molecule has 10 heteroatoms. The maximum absolute atomic E-state index is 12.1. The first-order valence-electron chi connectivity index (χ1n) is 8.30. The van der Waals surface area contributed by atoms with Gasteiger partial charge in [-0.05, 0) is 29.8 Å². The van der Waals surface area contributed by atoms with Crippen molar-refractivity contribution in [3.05, 3.63) is 86.3 Å². The largest absolute Gasteiger partial charge is 0.475 e. The first-order valence-corrected chi connectivity index (χ1v) is 8.30. The van der Waals surface area contributed by atoms with Crippen molar-refractivity contribution in [2.75, 3.05) is 13.2 Å². The lowest BCUT2D eigenvalue weighted by Crippen LogP contribution is -2.29. The Labute approximate surface area is 159 Å². The van der Waals surface area contributed by atoms with Crippen molar-refractivity contribution in [2.24, 2.45) is 10.1 Å². The normalized spacial score (nSPS) is 16.3. The number of azide groups is 1. The SMILES string of the molecule is [N-]=[N+]=N[C@H](COC(=O)c1ccc([N+](=O)[O-])cc1)[C@H]1COC(c2ccccc2)=N1. The number of carbonyl (C=O) groups is 1. The van der Waals surface area contributed by atoms with Gasteiger partial charge in [-0.2, -0.15) is 0 Å². The van der Waals surface area contributed by atoms with Crippen molar-refractivity contribution in [3.63, 3.8) is 0 Å². The van der Waals surface area contributed by atoms with Gasteiger partial charge in [-0.15, -0.1) is 0 Å². The predicted octanol–water partition coefficient (Wildman–Crippen LogP) is 3.28. The van der Waals surface area contributed by atoms with E-state index in [9.17, 15) is 14.9 Å². The molecule has 0 bridgehead atoms. The number of hydrogen-bond donors (Lipinski definition) is 0. The highest BCUT2D eigenvalue weighted by Gasteiger charge is 2.29. The fourth-order valence-electron chi connectivity index (χ4n) is 2.58. The summed E-state index contributed by atoms with van der Waals surface area (Å²) in [6.45, 7) is 0.00245. The van der Waals surface area contributed by atoms with Crippen LogP contribution in [0, 0.1) is 10.1 Å². The van der Waals surface area contributed by atoms with E-state index in [-0.39, 0.29) is 24.5 Å². The van der Waals surface area contributed by atoms with Crippen molar-refractivity contribution in [1.82, 2.24) is 0 Å². The van der Waals surface area contributed by atoms with Gasteiger partial charge in [0, 0.05) is 22.6 Å². The zero-order valence-electron chi connectivity index (χ0n) is 14.5. The summed E-state index contributed by atoms with van der Waals surface area (Å²) in [6, 6.07) is 13.1. The van der Waals surface area contributed by atoms with Crippen LogP contribution in [0.15, 0.2) is 64.7 Å². The summed E-state index contributed by atoms with van der Waals surface area (Å²) in [6.07, 6.45) is 0. The second-order valence-corrected chi connectivity index (χ2v) is 5.85. The molecule has 10 nitrogen and oxygen atoms in total. The molecule has 2 atom stereocenters. The Morgan fingerprint density at radius 1 is 1.32 bits per heavy atom. The first-order chi connectivity index (χ1) is 13.6. The molecular formula is C18H15N5O5. The number of esters is 1. The molecule has 0 fully saturated rings. The predicted molar refractivity (Wildman–Crippen MR) is 99.0 cm³/mol. The summed E-state index contributed by atoms with van der Waals surface area (Å²) >= 11 is 0. The van der Waals surface area contributed by atoms with Gasteiger partial charge in [-0.1, -0.05) is 23.3 Å². The fraction of sp³-hybridized carbons (Fsp3) is 0.222. The van der Waals surface area contributed by atoms with E-state index in [1.54, 1.807) is 0 Å². The van der Waals surface area contributed by atoms with Crippen LogP contribution in [-0.2, 0) is 9.47 Å². The molecule has 2 aromatic carbocycles. The molecule has 0 spiro atoms. The van der Waals surface area contributed by atoms with Crippen LogP contribution in [0.5, 0.6) is 0 Å². The molecule has 0 unspecified atom stereocenters. The maximum atomic E-state index is 12.1. The smallest absolute Gasteiger partial charge is 0.338 e. The van der Waals surface area contributed by atoms with E-state index >= 15 is 0 Å². The number of aliphatic imine (C=N–C) groups is 1. The van der Waals surface area contributed by atoms with Gasteiger partial charge < -0.3 is 9.47 Å². The molecule has 0 saturated heterocycles. The zero-order chi connectivity index (χ0) is 19.9. The third kappa shape index (κ3) is 4.43. The third-order valence-electron chi connectivity index (χ3n) is 4.04. The average Bonchev–Trinajstić information content (AvgIpc) is 3.21. The second-order valence-electron chi connectivity index (χ2n) is 5.85. The lowest BCUT2D eigenvalue weighted by molar-refractivity contribution is -0.384. The van der Waals surface area contributed by atoms with Gasteiger partial charge in [0.05, 0.1) is 22.6 Å². The van der Waals surface area contributed by atoms with E-state index in [2.05, 4.69) is 15.0 Å². The maximum Gasteiger partial charge on any atom is 0.338 e. The van der Waals surface area contributed by atoms with Crippen LogP contribution in [-0.4, -0.2) is 42.1 Å². The van der Waals surface area contributed by atoms with Crippen molar-refractivity contribution in [3.8, 4) is 0 Å². The molecule has 0 N–H and O–H groups in total. The third-order valence-corrected chi connectivity index (χ3v) is 4.04. The summed E-state index contributed by atoms with van der Waals surface area (Å²) < 4.78 is 10.8. The van der Waals surface area contributed by atoms with E-state index in [1.807, 2.05) is 30.3 Å². The number of non-ortho nitro benzene ring substituents is 1. The highest BCUT2D eigenvalue weighted by atomic mass is 16.6. The number of nitrogens with zero attached hydrogens (tertiary/aromatic N) is 5. The summed E-state index contributed by atoms with van der Waals surface area (Å²) in [5.74, 6) is -0.246. The average molecular weight is 381 g/mol. The van der Waals surface area contributed by atoms with Crippen molar-refractivity contribution in [1.29, 1.82) is 0 Å². The van der Waals surface area contributed by atoms with Crippen LogP contribution >= 0.6 is 0 Å². The number of ether oxygens (including phenoxy) is 2. The number of nitro benzene ring substituents is 1. The molecule has 2 aromatic rings. The van der Waals surface area contributed by atoms with Gasteiger partial charge in [0.25, 0.3) is 5.69 Å². The number of nitro groups is 1. The first kappa shape index (κ1) is 18.9. The molecule has 3 rings (SSSR count). The molecular weight excluding hydrogens is 366 g/mol. The Balaban J connectivity index is 1.65. The quantitative estimate of drug-likeness (QED) is 0.181. The van der Waals surface area contributed by atoms with E-state index < -0.39 is 23.0 Å². The van der Waals surface area contributed by atoms with Gasteiger partial charge in [0.15, 0.2) is 0 Å². The fourth-order valence-corrected chi connectivity index (χ4v) is 2.58. The van der Waals surface area contributed by atoms with Gasteiger partial charge in [0.1, 0.15) is 13.2 Å². The van der Waals surface area contributed by atoms with E-state index in [1.165, 1.54) is 24.3 Å². The summed E-state index contributed by atoms with van der Waals surface area (Å²) in [5, 5.41) is 14.3. The Morgan fingerprint density at radius 3 is 2.68 bits per heavy atom. The van der Waals surface area contributed by atoms with Crippen LogP contribution in [0.2, 0.25) is 0 Å². The van der Waals surface area contributed by atoms with E-state index in [0.29, 0.717) is 5.90 Å². The number of hydrogen-bond acceptors (Lipinski definition) is 7. The molecule has 0 amide bonds. The Kier molecular flexibility index (Phi) is 5.83. The molecule has 0 aliphatic carbocycles. The van der Waals surface area contributed by atoms with Crippen molar-refractivity contribution in [2.45, 2.75) is 12.1 Å². The van der Waals surface area contributed by atoms with Gasteiger partial charge in [-0.3, -0.25) is 10.1 Å². The lowest BCUT2D eigenvalue weighted by Gasteiger charge is -2.14. The van der Waals surface area contributed by atoms with Crippen molar-refractivity contribution >= 4 is 17.6 Å². The number of carbonyl (C=O) groups excluding carboxylic acids is 1. The van der Waals surface area contributed by atoms with E-state index in [0.717, 1.165) is 5.56 Å². The minimum absolute atomic E-state index is 0.130. The number of rotatable bonds is 7. The Morgan fingerprint density at radius 2 is 2.04 bits per heavy atom. The highest BCUT2D eigenvalue weighted by Crippen LogP contribution is 2.18. The minimum atomic E-state index is -0.742. The van der Waals surface area contributed by atoms with Gasteiger partial charge >= 0.3 is 5.97 Å². The summed E-state index contributed by atoms with van der Waals surface area (Å²) in [5.41, 5.74) is 9.63. The molecule has 0 saturated carbocycles. The standard InChI is InChI=1S/C18H15N5O5/c19-22-21-16(15-10-27-17(20-15)12-4-2-1-3-5-12)11-28-18(24)13-6-8-14(9-7-13)23(25)26/h1-9,15-16H,10-11H2/t15-,16-/m1/s1. The van der Waals surface area contributed by atoms with Crippen LogP contribution < -0.4 is 0 Å². The molecule has 0 radical (unpaired) electrons. The lowest BCUT2D eigenvalue weighted by atomic mass is 10.1. The Bertz CT molecular complexity index is 939. The minimum Gasteiger partial charge on any atom is -0.475 e. The van der Waals surface area contributed by atoms with Gasteiger partial charge in [-0.25, -0.2) is 9.79 Å². The molecule has 1 heterocycles. The van der Waals surface area contributed by atoms with Crippen LogP contribution in [0.1, 0.15) is 15.9 Å². The van der Waals surface area contributed by atoms with Crippen LogP contribution in [0.25, 0.3) is 10.4 Å². The number of benzene rings is 2. The topological polar surface area (TPSA) is 140 Å². The van der Waals surface area contributed by atoms with Crippen LogP contribution in [0.4, 0.5) is 5.69 Å². The molecule has 142 valence electrons. The van der Waals surface area contributed by atoms with Crippen LogP contribution in [0.3, 0.4) is 0 Å². The Hall–Kier alpha value is -3.91. The molecule has 1 aliphatic rings. The summed E-state index contributed by atoms with van der Waals surface area (Å²) in [4.78, 5) is 29.5. The molecule has 1 aliphatic heterocycles. The molecule has 0 aromatic heterocycles. The highest BCUT2D eigenvalue weighted by molar-refractivity contribution is 5.95.